The van der Waals surface area contributed by atoms with Gasteiger partial charge in [0, 0.05) is 40.8 Å². The number of sulfonamides is 3. The molecule has 0 aromatic heterocycles. The summed E-state index contributed by atoms with van der Waals surface area (Å²) >= 11 is 0. The van der Waals surface area contributed by atoms with Crippen LogP contribution in [0, 0.1) is 20.8 Å². The van der Waals surface area contributed by atoms with E-state index >= 15 is 43.2 Å². The van der Waals surface area contributed by atoms with Gasteiger partial charge in [0.05, 0.1) is 53.6 Å². The Labute approximate surface area is 871 Å². The second kappa shape index (κ2) is 57.0. The third-order valence-corrected chi connectivity index (χ3v) is 29.2. The van der Waals surface area contributed by atoms with Gasteiger partial charge in [-0.2, -0.15) is 25.3 Å². The third-order valence-electron chi connectivity index (χ3n) is 25.3. The second-order valence-electron chi connectivity index (χ2n) is 37.5. The number of nitrogens with two attached hydrogens (primary N) is 3. The Morgan fingerprint density at radius 3 is 0.767 bits per heavy atom. The van der Waals surface area contributed by atoms with Gasteiger partial charge in [0.15, 0.2) is 0 Å². The molecule has 3 saturated carbocycles. The molecule has 4 fully saturated rings. The smallest absolute Gasteiger partial charge is 0.308 e. The van der Waals surface area contributed by atoms with Gasteiger partial charge in [-0.15, -0.1) is 13.2 Å². The predicted molar refractivity (Wildman–Crippen MR) is 551 cm³/mol. The van der Waals surface area contributed by atoms with Crippen LogP contribution < -0.4 is 81.0 Å². The van der Waals surface area contributed by atoms with Gasteiger partial charge in [-0.25, -0.2) is 0 Å². The number of likely N-dealkylation sites (N-methyl/N-ethyl adjacent to an activating group) is 3. The molecule has 0 bridgehead atoms. The molecule has 150 heavy (non-hydrogen) atoms. The SMILES string of the molecule is Cc1ccc(S(=O)(=O)/N=C(\N)NCCC[C@@H]2NC(=O)[C@H](c3ccccc3)NC(=O)[C@H](CC(=O)OC3CCCCC3)NC(=O)CN(C)C(=O)[C@H](CCCN/C(N)=N/S(=O)(=O)c3ccc(C)cc3)NC(=O)[C@H](c3ccccc3)NC(=O)[C@H](CC(=O)OC3CCCCC3)NC(=O)CN(C)C(=O)[C@H](CCCN/C(N)=N/S(=O)(=O)c3ccc(C)cc3)NC(=O)[C@H](c3ccccc3)NC(=O)[C@H](CC(=O)OC3CCCCC3)NC(=O)CN(C)C2=O)cc1. The molecule has 1 saturated heterocycles. The maximum Gasteiger partial charge on any atom is 0.308 e. The van der Waals surface area contributed by atoms with E-state index in [1.807, 2.05) is 0 Å². The van der Waals surface area contributed by atoms with Crippen molar-refractivity contribution in [3.05, 3.63) is 197 Å². The van der Waals surface area contributed by atoms with Crippen LogP contribution in [0.15, 0.2) is 192 Å². The predicted octanol–water partition coefficient (Wildman–Crippen LogP) is 2.80. The molecule has 1 heterocycles. The summed E-state index contributed by atoms with van der Waals surface area (Å²) in [6.45, 7) is 1.53. The molecule has 4 aliphatic rings. The lowest BCUT2D eigenvalue weighted by atomic mass is 9.98. The standard InChI is InChI=1S/C102H135N21O24S3/c1-64-43-49-73(50-44-64)148(139,140)118-100(103)106-55-25-40-76-97(136)121(4)61-82(124)109-80(59-86(128)146-71-36-21-11-22-37-71)92(131)116-89(68-30-15-8-16-31-68)95(134)113-78(42-27-57-108-102(105)120-150(143,144)75-53-47-66(3)48-54-75)99(138)123(6)63-84(126)111-81(60-87(129)147-72-38-23-12-24-39-72)93(132)117-90(69-32-17-9-18-33-69)96(135)114-77(41-26-56-107-101(104)119-149(141,142)74-51-45-65(2)46-52-74)98(137)122(5)62-83(125)110-79(58-85(127)145-70-34-19-10-20-35-70)91(130)115-88(94(133)112-76)67-28-13-7-14-29-67/h7-9,13-18,28-33,43-54,70-72,76-81,88-90H,10-12,19-27,34-42,55-63H2,1-6H3,(H,109,124)(H,110,125)(H,111,126)(H,112,133)(H,113,134)(H,114,135)(H,115,130)(H,116,131)(H,117,132)(H3,103,106,118)(H3,104,107,119)(H3,105,108,120)/t76-,77-,78-,79-,80-,81-,88-,89-,90-/m0/s1. The number of hydrogen-bond donors (Lipinski definition) is 15. The first kappa shape index (κ1) is 117. The third kappa shape index (κ3) is 37.4. The number of guanidine groups is 3. The number of amides is 12. The Kier molecular flexibility index (Phi) is 44.4. The average Bonchev–Trinajstić information content (AvgIpc) is 0.841. The van der Waals surface area contributed by atoms with Crippen LogP contribution in [0.2, 0.25) is 0 Å². The molecule has 9 atom stereocenters. The van der Waals surface area contributed by atoms with E-state index in [9.17, 15) is 54.0 Å². The fourth-order valence-electron chi connectivity index (χ4n) is 17.2. The van der Waals surface area contributed by atoms with Crippen LogP contribution in [0.4, 0.5) is 0 Å². The number of benzene rings is 6. The maximum atomic E-state index is 15.5. The number of nitrogens with zero attached hydrogens (tertiary/aromatic N) is 6. The number of nitrogens with one attached hydrogen (secondary N) is 12. The summed E-state index contributed by atoms with van der Waals surface area (Å²) in [6.07, 6.45) is 3.06. The fraction of sp³-hybridized carbons (Fsp3) is 0.471. The summed E-state index contributed by atoms with van der Waals surface area (Å²) in [5.74, 6) is -18.3. The highest BCUT2D eigenvalue weighted by Crippen LogP contribution is 2.28. The molecule has 18 N–H and O–H groups in total. The summed E-state index contributed by atoms with van der Waals surface area (Å²) in [7, 11) is -9.79. The van der Waals surface area contributed by atoms with Gasteiger partial charge < -0.3 is 110 Å². The van der Waals surface area contributed by atoms with Crippen LogP contribution in [0.3, 0.4) is 0 Å². The van der Waals surface area contributed by atoms with Crippen LogP contribution in [-0.4, -0.2) is 262 Å². The van der Waals surface area contributed by atoms with Gasteiger partial charge in [-0.05, 0) is 189 Å². The average molecular weight is 2140 g/mol. The van der Waals surface area contributed by atoms with E-state index in [1.54, 1.807) is 75.4 Å². The lowest BCUT2D eigenvalue weighted by Crippen LogP contribution is -2.57. The Morgan fingerprint density at radius 1 is 0.313 bits per heavy atom. The van der Waals surface area contributed by atoms with Gasteiger partial charge >= 0.3 is 17.9 Å². The van der Waals surface area contributed by atoms with E-state index in [0.717, 1.165) is 71.8 Å². The number of rotatable bonds is 30. The summed E-state index contributed by atoms with van der Waals surface area (Å²) < 4.78 is 109. The molecule has 6 aromatic carbocycles. The van der Waals surface area contributed by atoms with Crippen molar-refractivity contribution in [1.82, 2.24) is 78.5 Å². The molecule has 0 radical (unpaired) electrons. The molecule has 12 amide bonds. The molecule has 10 rings (SSSR count). The summed E-state index contributed by atoms with van der Waals surface area (Å²) in [6, 6.07) is 22.7. The largest absolute Gasteiger partial charge is 0.462 e. The molecular weight excluding hydrogens is 2000 g/mol. The molecule has 48 heteroatoms. The lowest BCUT2D eigenvalue weighted by molar-refractivity contribution is -0.153. The van der Waals surface area contributed by atoms with Crippen molar-refractivity contribution in [3.8, 4) is 0 Å². The first-order valence-electron chi connectivity index (χ1n) is 49.9. The van der Waals surface area contributed by atoms with Gasteiger partial charge in [-0.3, -0.25) is 71.9 Å². The number of ether oxygens (including phenoxy) is 3. The molecule has 0 unspecified atom stereocenters. The number of aryl methyl sites for hydroxylation is 3. The number of esters is 3. The number of carbonyl (C=O) groups is 15. The zero-order chi connectivity index (χ0) is 109. The monoisotopic (exact) mass is 2130 g/mol. The van der Waals surface area contributed by atoms with Crippen molar-refractivity contribution < 1.29 is 111 Å². The maximum absolute atomic E-state index is 15.5. The van der Waals surface area contributed by atoms with Crippen LogP contribution in [0.1, 0.15) is 206 Å². The van der Waals surface area contributed by atoms with Crippen molar-refractivity contribution in [3.63, 3.8) is 0 Å². The summed E-state index contributed by atoms with van der Waals surface area (Å²) in [5, 5.41) is 31.4. The molecule has 0 spiro atoms. The molecule has 1 aliphatic heterocycles. The lowest BCUT2D eigenvalue weighted by Gasteiger charge is -2.30. The molecular formula is C102H135N21O24S3. The van der Waals surface area contributed by atoms with Crippen LogP contribution in [-0.2, 0) is 116 Å². The Balaban J connectivity index is 1.05. The highest BCUT2D eigenvalue weighted by Gasteiger charge is 2.41. The van der Waals surface area contributed by atoms with Crippen molar-refractivity contribution in [1.29, 1.82) is 0 Å². The van der Waals surface area contributed by atoms with E-state index in [1.165, 1.54) is 109 Å². The van der Waals surface area contributed by atoms with Crippen molar-refractivity contribution in [2.24, 2.45) is 30.4 Å². The van der Waals surface area contributed by atoms with Gasteiger partial charge in [0.2, 0.25) is 88.8 Å². The van der Waals surface area contributed by atoms with Crippen LogP contribution in [0.5, 0.6) is 0 Å². The second-order valence-corrected chi connectivity index (χ2v) is 42.4. The quantitative estimate of drug-likeness (QED) is 0.0101. The Hall–Kier alpha value is -15.0. The van der Waals surface area contributed by atoms with Crippen molar-refractivity contribution in [2.75, 3.05) is 60.4 Å². The highest BCUT2D eigenvalue weighted by atomic mass is 32.2. The Bertz CT molecular complexity index is 5570. The van der Waals surface area contributed by atoms with Gasteiger partial charge in [0.25, 0.3) is 30.1 Å². The van der Waals surface area contributed by atoms with Gasteiger partial charge in [0.1, 0.15) is 72.7 Å². The molecule has 6 aromatic rings. The minimum atomic E-state index is -4.40. The first-order chi connectivity index (χ1) is 71.5. The fourth-order valence-corrected chi connectivity index (χ4v) is 19.9. The zero-order valence-corrected chi connectivity index (χ0v) is 87.1. The van der Waals surface area contributed by atoms with E-state index in [4.69, 9.17) is 31.4 Å². The highest BCUT2D eigenvalue weighted by molar-refractivity contribution is 7.91. The summed E-state index contributed by atoms with van der Waals surface area (Å²) in [4.78, 5) is 229. The zero-order valence-electron chi connectivity index (χ0n) is 84.7. The summed E-state index contributed by atoms with van der Waals surface area (Å²) in [5.41, 5.74) is 20.8. The van der Waals surface area contributed by atoms with Crippen molar-refractivity contribution >= 4 is 137 Å². The van der Waals surface area contributed by atoms with E-state index in [-0.39, 0.29) is 70.3 Å². The molecule has 810 valence electrons. The molecule has 3 aliphatic carbocycles. The Morgan fingerprint density at radius 2 is 0.540 bits per heavy atom. The normalized spacial score (nSPS) is 21.6. The van der Waals surface area contributed by atoms with E-state index < -0.39 is 268 Å². The minimum Gasteiger partial charge on any atom is -0.462 e. The van der Waals surface area contributed by atoms with Crippen LogP contribution >= 0.6 is 0 Å². The van der Waals surface area contributed by atoms with Crippen molar-refractivity contribution in [2.45, 2.75) is 262 Å². The first-order valence-corrected chi connectivity index (χ1v) is 54.2. The van der Waals surface area contributed by atoms with E-state index in [0.29, 0.717) is 77.0 Å². The number of hydrogen-bond acceptors (Lipinski definition) is 24. The molecule has 45 nitrogen and oxygen atoms in total. The minimum absolute atomic E-state index is 0.0327. The number of carbonyl (C=O) groups excluding carboxylic acids is 15. The topological polar surface area (TPSA) is 655 Å². The van der Waals surface area contributed by atoms with Gasteiger partial charge in [-0.1, -0.05) is 163 Å². The van der Waals surface area contributed by atoms with Crippen LogP contribution in [0.25, 0.3) is 0 Å². The van der Waals surface area contributed by atoms with E-state index in [2.05, 4.69) is 77.0 Å².